The van der Waals surface area contributed by atoms with Gasteiger partial charge >= 0.3 is 0 Å². The standard InChI is InChI=1S/C13H20N2O2S/c1-18-8-2-7-15-9-11-3-5-12(6-4-11)17-10-13(14)16/h3-6,15H,2,7-10H2,1H3,(H2,14,16). The second kappa shape index (κ2) is 8.83. The topological polar surface area (TPSA) is 64.3 Å². The molecule has 0 heterocycles. The first-order chi connectivity index (χ1) is 8.72. The fraction of sp³-hybridized carbons (Fsp3) is 0.462. The van der Waals surface area contributed by atoms with E-state index in [1.165, 1.54) is 17.7 Å². The summed E-state index contributed by atoms with van der Waals surface area (Å²) in [6.07, 6.45) is 3.30. The molecule has 1 rings (SSSR count). The number of ether oxygens (including phenoxy) is 1. The summed E-state index contributed by atoms with van der Waals surface area (Å²) < 4.78 is 5.18. The number of hydrogen-bond donors (Lipinski definition) is 2. The van der Waals surface area contributed by atoms with Gasteiger partial charge in [0.2, 0.25) is 0 Å². The van der Waals surface area contributed by atoms with Gasteiger partial charge in [-0.05, 0) is 42.7 Å². The van der Waals surface area contributed by atoms with Gasteiger partial charge in [-0.1, -0.05) is 12.1 Å². The minimum atomic E-state index is -0.463. The number of nitrogens with two attached hydrogens (primary N) is 1. The van der Waals surface area contributed by atoms with Gasteiger partial charge < -0.3 is 15.8 Å². The number of nitrogens with one attached hydrogen (secondary N) is 1. The zero-order valence-electron chi connectivity index (χ0n) is 10.6. The molecule has 0 fully saturated rings. The van der Waals surface area contributed by atoms with E-state index in [-0.39, 0.29) is 6.61 Å². The van der Waals surface area contributed by atoms with Crippen molar-refractivity contribution in [2.24, 2.45) is 5.73 Å². The summed E-state index contributed by atoms with van der Waals surface area (Å²) in [4.78, 5) is 10.6. The van der Waals surface area contributed by atoms with Gasteiger partial charge in [0.1, 0.15) is 5.75 Å². The summed E-state index contributed by atoms with van der Waals surface area (Å²) in [5.41, 5.74) is 6.20. The lowest BCUT2D eigenvalue weighted by Gasteiger charge is -2.06. The van der Waals surface area contributed by atoms with Crippen molar-refractivity contribution in [2.75, 3.05) is 25.2 Å². The zero-order valence-corrected chi connectivity index (χ0v) is 11.5. The van der Waals surface area contributed by atoms with Gasteiger partial charge in [0.05, 0.1) is 0 Å². The normalized spacial score (nSPS) is 10.3. The van der Waals surface area contributed by atoms with Gasteiger partial charge in [-0.2, -0.15) is 11.8 Å². The van der Waals surface area contributed by atoms with Crippen LogP contribution in [0.3, 0.4) is 0 Å². The van der Waals surface area contributed by atoms with Gasteiger partial charge in [0.15, 0.2) is 6.61 Å². The molecule has 18 heavy (non-hydrogen) atoms. The highest BCUT2D eigenvalue weighted by Crippen LogP contribution is 2.11. The van der Waals surface area contributed by atoms with Crippen molar-refractivity contribution < 1.29 is 9.53 Å². The van der Waals surface area contributed by atoms with E-state index < -0.39 is 5.91 Å². The van der Waals surface area contributed by atoms with Crippen molar-refractivity contribution in [1.29, 1.82) is 0 Å². The Morgan fingerprint density at radius 2 is 2.11 bits per heavy atom. The summed E-state index contributed by atoms with van der Waals surface area (Å²) in [5, 5.41) is 3.38. The van der Waals surface area contributed by atoms with E-state index >= 15 is 0 Å². The van der Waals surface area contributed by atoms with Crippen molar-refractivity contribution in [2.45, 2.75) is 13.0 Å². The lowest BCUT2D eigenvalue weighted by Crippen LogP contribution is -2.20. The quantitative estimate of drug-likeness (QED) is 0.664. The SMILES string of the molecule is CSCCCNCc1ccc(OCC(N)=O)cc1. The van der Waals surface area contributed by atoms with Crippen LogP contribution >= 0.6 is 11.8 Å². The molecule has 3 N–H and O–H groups in total. The third kappa shape index (κ3) is 6.51. The third-order valence-electron chi connectivity index (χ3n) is 2.34. The largest absolute Gasteiger partial charge is 0.484 e. The van der Waals surface area contributed by atoms with Crippen LogP contribution in [0.2, 0.25) is 0 Å². The second-order valence-corrected chi connectivity index (χ2v) is 4.91. The predicted octanol–water partition coefficient (Wildman–Crippen LogP) is 1.39. The molecule has 0 unspecified atom stereocenters. The maximum absolute atomic E-state index is 10.6. The average molecular weight is 268 g/mol. The number of thioether (sulfide) groups is 1. The lowest BCUT2D eigenvalue weighted by molar-refractivity contribution is -0.119. The monoisotopic (exact) mass is 268 g/mol. The predicted molar refractivity (Wildman–Crippen MR) is 75.8 cm³/mol. The maximum Gasteiger partial charge on any atom is 0.255 e. The van der Waals surface area contributed by atoms with E-state index in [0.717, 1.165) is 13.1 Å². The molecule has 0 aliphatic carbocycles. The third-order valence-corrected chi connectivity index (χ3v) is 3.03. The molecule has 0 aliphatic heterocycles. The number of hydrogen-bond acceptors (Lipinski definition) is 4. The molecular formula is C13H20N2O2S. The molecule has 0 aromatic heterocycles. The Morgan fingerprint density at radius 3 is 2.72 bits per heavy atom. The van der Waals surface area contributed by atoms with Crippen LogP contribution in [-0.4, -0.2) is 31.1 Å². The summed E-state index contributed by atoms with van der Waals surface area (Å²) in [6, 6.07) is 7.67. The summed E-state index contributed by atoms with van der Waals surface area (Å²) >= 11 is 1.86. The Morgan fingerprint density at radius 1 is 1.39 bits per heavy atom. The average Bonchev–Trinajstić information content (AvgIpc) is 2.37. The van der Waals surface area contributed by atoms with Crippen molar-refractivity contribution in [3.63, 3.8) is 0 Å². The molecule has 0 bridgehead atoms. The minimum absolute atomic E-state index is 0.0771. The van der Waals surface area contributed by atoms with E-state index in [1.807, 2.05) is 36.0 Å². The molecule has 0 spiro atoms. The van der Waals surface area contributed by atoms with Crippen molar-refractivity contribution in [3.05, 3.63) is 29.8 Å². The van der Waals surface area contributed by atoms with Crippen LogP contribution in [0, 0.1) is 0 Å². The first-order valence-corrected chi connectivity index (χ1v) is 7.31. The Bertz CT molecular complexity index is 355. The molecule has 1 aromatic carbocycles. The maximum atomic E-state index is 10.6. The van der Waals surface area contributed by atoms with Crippen molar-refractivity contribution in [1.82, 2.24) is 5.32 Å². The fourth-order valence-electron chi connectivity index (χ4n) is 1.43. The first-order valence-electron chi connectivity index (χ1n) is 5.92. The van der Waals surface area contributed by atoms with Gasteiger partial charge in [-0.25, -0.2) is 0 Å². The van der Waals surface area contributed by atoms with E-state index in [9.17, 15) is 4.79 Å². The van der Waals surface area contributed by atoms with E-state index in [4.69, 9.17) is 10.5 Å². The van der Waals surface area contributed by atoms with Crippen LogP contribution in [-0.2, 0) is 11.3 Å². The molecule has 0 aliphatic rings. The number of primary amides is 1. The molecule has 0 saturated heterocycles. The minimum Gasteiger partial charge on any atom is -0.484 e. The van der Waals surface area contributed by atoms with Crippen LogP contribution in [0.5, 0.6) is 5.75 Å². The number of benzene rings is 1. The van der Waals surface area contributed by atoms with Crippen LogP contribution in [0.25, 0.3) is 0 Å². The Hall–Kier alpha value is -1.20. The Balaban J connectivity index is 2.25. The van der Waals surface area contributed by atoms with Gasteiger partial charge in [-0.3, -0.25) is 4.79 Å². The van der Waals surface area contributed by atoms with E-state index in [1.54, 1.807) is 0 Å². The van der Waals surface area contributed by atoms with Crippen molar-refractivity contribution >= 4 is 17.7 Å². The number of rotatable bonds is 9. The Labute approximate surface area is 112 Å². The van der Waals surface area contributed by atoms with Crippen LogP contribution in [0.4, 0.5) is 0 Å². The molecule has 0 radical (unpaired) electrons. The number of amides is 1. The van der Waals surface area contributed by atoms with Crippen LogP contribution in [0.1, 0.15) is 12.0 Å². The molecule has 5 heteroatoms. The molecule has 4 nitrogen and oxygen atoms in total. The molecule has 100 valence electrons. The molecule has 0 saturated carbocycles. The van der Waals surface area contributed by atoms with Gasteiger partial charge in [0, 0.05) is 6.54 Å². The highest BCUT2D eigenvalue weighted by atomic mass is 32.2. The van der Waals surface area contributed by atoms with Crippen molar-refractivity contribution in [3.8, 4) is 5.75 Å². The summed E-state index contributed by atoms with van der Waals surface area (Å²) in [7, 11) is 0. The molecule has 1 aromatic rings. The smallest absolute Gasteiger partial charge is 0.255 e. The second-order valence-electron chi connectivity index (χ2n) is 3.92. The van der Waals surface area contributed by atoms with Gasteiger partial charge in [0.25, 0.3) is 5.91 Å². The fourth-order valence-corrected chi connectivity index (χ4v) is 1.87. The molecule has 1 amide bonds. The zero-order chi connectivity index (χ0) is 13.2. The number of carbonyl (C=O) groups excluding carboxylic acids is 1. The lowest BCUT2D eigenvalue weighted by atomic mass is 10.2. The summed E-state index contributed by atoms with van der Waals surface area (Å²) in [5.74, 6) is 1.39. The highest BCUT2D eigenvalue weighted by molar-refractivity contribution is 7.98. The van der Waals surface area contributed by atoms with Crippen LogP contribution < -0.4 is 15.8 Å². The Kier molecular flexibility index (Phi) is 7.29. The van der Waals surface area contributed by atoms with Crippen LogP contribution in [0.15, 0.2) is 24.3 Å². The van der Waals surface area contributed by atoms with E-state index in [2.05, 4.69) is 11.6 Å². The summed E-state index contributed by atoms with van der Waals surface area (Å²) in [6.45, 7) is 1.80. The van der Waals surface area contributed by atoms with E-state index in [0.29, 0.717) is 5.75 Å². The first kappa shape index (κ1) is 14.9. The van der Waals surface area contributed by atoms with Gasteiger partial charge in [-0.15, -0.1) is 0 Å². The number of carbonyl (C=O) groups is 1. The molecular weight excluding hydrogens is 248 g/mol. The highest BCUT2D eigenvalue weighted by Gasteiger charge is 1.98. The molecule has 0 atom stereocenters.